The molecule has 0 unspecified atom stereocenters. The SMILES string of the molecule is Cc1ccc2c(c1)c1cc(C)ccc1n2-c1ccccc1-c1nc(-c2ccccc2)cc(-c2ccccc2)n1. The fraction of sp³-hybridized carbons (Fsp3) is 0.0556. The summed E-state index contributed by atoms with van der Waals surface area (Å²) in [5.41, 5.74) is 10.9. The minimum absolute atomic E-state index is 0.708. The molecule has 2 heterocycles. The first kappa shape index (κ1) is 23.1. The summed E-state index contributed by atoms with van der Waals surface area (Å²) in [6, 6.07) is 44.6. The summed E-state index contributed by atoms with van der Waals surface area (Å²) in [6.45, 7) is 4.31. The first-order valence-electron chi connectivity index (χ1n) is 13.3. The number of aryl methyl sites for hydroxylation is 2. The van der Waals surface area contributed by atoms with Crippen molar-refractivity contribution in [2.45, 2.75) is 13.8 Å². The van der Waals surface area contributed by atoms with Crippen LogP contribution in [0.25, 0.3) is 61.4 Å². The molecule has 0 aliphatic carbocycles. The van der Waals surface area contributed by atoms with Crippen molar-refractivity contribution >= 4 is 21.8 Å². The first-order chi connectivity index (χ1) is 19.2. The Labute approximate surface area is 228 Å². The lowest BCUT2D eigenvalue weighted by Crippen LogP contribution is -2.01. The minimum Gasteiger partial charge on any atom is -0.309 e. The normalized spacial score (nSPS) is 11.3. The Balaban J connectivity index is 1.52. The van der Waals surface area contributed by atoms with Crippen molar-refractivity contribution in [3.63, 3.8) is 0 Å². The molecule has 3 nitrogen and oxygen atoms in total. The maximum atomic E-state index is 5.13. The highest BCUT2D eigenvalue weighted by Crippen LogP contribution is 2.37. The Kier molecular flexibility index (Phi) is 5.56. The average molecular weight is 502 g/mol. The number of hydrogen-bond donors (Lipinski definition) is 0. The molecule has 3 heteroatoms. The highest BCUT2D eigenvalue weighted by Gasteiger charge is 2.18. The van der Waals surface area contributed by atoms with Crippen molar-refractivity contribution in [1.29, 1.82) is 0 Å². The van der Waals surface area contributed by atoms with Gasteiger partial charge in [-0.15, -0.1) is 0 Å². The molecule has 0 saturated heterocycles. The molecule has 0 N–H and O–H groups in total. The van der Waals surface area contributed by atoms with Gasteiger partial charge in [-0.2, -0.15) is 0 Å². The molecular formula is C36H27N3. The number of benzene rings is 5. The van der Waals surface area contributed by atoms with Gasteiger partial charge in [0.1, 0.15) is 0 Å². The van der Waals surface area contributed by atoms with Gasteiger partial charge < -0.3 is 4.57 Å². The van der Waals surface area contributed by atoms with Crippen LogP contribution in [0.15, 0.2) is 127 Å². The number of para-hydroxylation sites is 1. The summed E-state index contributed by atoms with van der Waals surface area (Å²) >= 11 is 0. The van der Waals surface area contributed by atoms with Crippen LogP contribution in [-0.4, -0.2) is 14.5 Å². The molecule has 0 aliphatic rings. The van der Waals surface area contributed by atoms with Crippen LogP contribution in [0.3, 0.4) is 0 Å². The van der Waals surface area contributed by atoms with E-state index in [1.54, 1.807) is 0 Å². The molecule has 0 spiro atoms. The molecule has 0 amide bonds. The zero-order valence-corrected chi connectivity index (χ0v) is 22.0. The second-order valence-electron chi connectivity index (χ2n) is 10.1. The van der Waals surface area contributed by atoms with E-state index in [1.807, 2.05) is 12.1 Å². The van der Waals surface area contributed by atoms with E-state index in [0.29, 0.717) is 5.82 Å². The van der Waals surface area contributed by atoms with E-state index in [9.17, 15) is 0 Å². The third-order valence-electron chi connectivity index (χ3n) is 7.33. The van der Waals surface area contributed by atoms with Crippen molar-refractivity contribution in [1.82, 2.24) is 14.5 Å². The van der Waals surface area contributed by atoms with Crippen molar-refractivity contribution in [2.24, 2.45) is 0 Å². The van der Waals surface area contributed by atoms with Gasteiger partial charge >= 0.3 is 0 Å². The van der Waals surface area contributed by atoms with E-state index in [1.165, 1.54) is 32.9 Å². The second kappa shape index (κ2) is 9.38. The highest BCUT2D eigenvalue weighted by atomic mass is 15.0. The fourth-order valence-electron chi connectivity index (χ4n) is 5.45. The van der Waals surface area contributed by atoms with Gasteiger partial charge in [-0.05, 0) is 56.3 Å². The Bertz CT molecular complexity index is 1850. The molecule has 0 aliphatic heterocycles. The molecule has 39 heavy (non-hydrogen) atoms. The molecule has 5 aromatic carbocycles. The van der Waals surface area contributed by atoms with E-state index in [-0.39, 0.29) is 0 Å². The van der Waals surface area contributed by atoms with Crippen LogP contribution in [-0.2, 0) is 0 Å². The molecule has 7 rings (SSSR count). The number of aromatic nitrogens is 3. The quantitative estimate of drug-likeness (QED) is 0.241. The maximum Gasteiger partial charge on any atom is 0.162 e. The zero-order chi connectivity index (χ0) is 26.3. The molecule has 0 fully saturated rings. The van der Waals surface area contributed by atoms with Crippen molar-refractivity contribution in [2.75, 3.05) is 0 Å². The molecular weight excluding hydrogens is 474 g/mol. The van der Waals surface area contributed by atoms with Crippen molar-refractivity contribution in [3.8, 4) is 39.6 Å². The standard InChI is InChI=1S/C36H27N3/c1-24-17-19-34-29(21-24)30-22-25(2)18-20-35(30)39(34)33-16-10-9-15-28(33)36-37-31(26-11-5-3-6-12-26)23-32(38-36)27-13-7-4-8-14-27/h3-23H,1-2H3. The van der Waals surface area contributed by atoms with Gasteiger partial charge in [-0.1, -0.05) is 96.1 Å². The van der Waals surface area contributed by atoms with Crippen LogP contribution < -0.4 is 0 Å². The van der Waals surface area contributed by atoms with Crippen LogP contribution >= 0.6 is 0 Å². The van der Waals surface area contributed by atoms with Crippen LogP contribution in [0.5, 0.6) is 0 Å². The minimum atomic E-state index is 0.708. The van der Waals surface area contributed by atoms with Gasteiger partial charge in [0.2, 0.25) is 0 Å². The van der Waals surface area contributed by atoms with E-state index >= 15 is 0 Å². The van der Waals surface area contributed by atoms with E-state index in [0.717, 1.165) is 33.8 Å². The number of fused-ring (bicyclic) bond motifs is 3. The molecule has 186 valence electrons. The summed E-state index contributed by atoms with van der Waals surface area (Å²) < 4.78 is 2.36. The zero-order valence-electron chi connectivity index (χ0n) is 22.0. The van der Waals surface area contributed by atoms with Crippen LogP contribution in [0.2, 0.25) is 0 Å². The molecule has 2 aromatic heterocycles. The third-order valence-corrected chi connectivity index (χ3v) is 7.33. The molecule has 0 radical (unpaired) electrons. The monoisotopic (exact) mass is 501 g/mol. The summed E-state index contributed by atoms with van der Waals surface area (Å²) in [6.07, 6.45) is 0. The maximum absolute atomic E-state index is 5.13. The second-order valence-corrected chi connectivity index (χ2v) is 10.1. The van der Waals surface area contributed by atoms with Gasteiger partial charge in [0.05, 0.1) is 28.1 Å². The molecule has 0 atom stereocenters. The van der Waals surface area contributed by atoms with Gasteiger partial charge in [0, 0.05) is 27.5 Å². The number of rotatable bonds is 4. The van der Waals surface area contributed by atoms with Crippen LogP contribution in [0, 0.1) is 13.8 Å². The fourth-order valence-corrected chi connectivity index (χ4v) is 5.45. The Hall–Kier alpha value is -5.02. The summed E-state index contributed by atoms with van der Waals surface area (Å²) in [7, 11) is 0. The lowest BCUT2D eigenvalue weighted by atomic mass is 10.1. The predicted molar refractivity (Wildman–Crippen MR) is 162 cm³/mol. The summed E-state index contributed by atoms with van der Waals surface area (Å²) in [4.78, 5) is 10.3. The third kappa shape index (κ3) is 4.09. The average Bonchev–Trinajstić information content (AvgIpc) is 3.30. The highest BCUT2D eigenvalue weighted by molar-refractivity contribution is 6.10. The smallest absolute Gasteiger partial charge is 0.162 e. The number of nitrogens with zero attached hydrogens (tertiary/aromatic N) is 3. The Morgan fingerprint density at radius 1 is 0.487 bits per heavy atom. The lowest BCUT2D eigenvalue weighted by Gasteiger charge is -2.15. The van der Waals surface area contributed by atoms with Gasteiger partial charge in [-0.3, -0.25) is 0 Å². The van der Waals surface area contributed by atoms with E-state index in [2.05, 4.69) is 134 Å². The lowest BCUT2D eigenvalue weighted by molar-refractivity contribution is 1.14. The largest absolute Gasteiger partial charge is 0.309 e. The Morgan fingerprint density at radius 3 is 1.51 bits per heavy atom. The van der Waals surface area contributed by atoms with E-state index in [4.69, 9.17) is 9.97 Å². The van der Waals surface area contributed by atoms with Crippen molar-refractivity contribution in [3.05, 3.63) is 139 Å². The summed E-state index contributed by atoms with van der Waals surface area (Å²) in [5, 5.41) is 2.51. The van der Waals surface area contributed by atoms with Crippen molar-refractivity contribution < 1.29 is 0 Å². The summed E-state index contributed by atoms with van der Waals surface area (Å²) in [5.74, 6) is 0.708. The van der Waals surface area contributed by atoms with Gasteiger partial charge in [0.15, 0.2) is 5.82 Å². The molecule has 0 saturated carbocycles. The van der Waals surface area contributed by atoms with E-state index < -0.39 is 0 Å². The van der Waals surface area contributed by atoms with Gasteiger partial charge in [-0.25, -0.2) is 9.97 Å². The van der Waals surface area contributed by atoms with Crippen LogP contribution in [0.4, 0.5) is 0 Å². The first-order valence-corrected chi connectivity index (χ1v) is 13.3. The molecule has 7 aromatic rings. The van der Waals surface area contributed by atoms with Crippen LogP contribution in [0.1, 0.15) is 11.1 Å². The van der Waals surface area contributed by atoms with Gasteiger partial charge in [0.25, 0.3) is 0 Å². The predicted octanol–water partition coefficient (Wildman–Crippen LogP) is 9.19. The Morgan fingerprint density at radius 2 is 0.974 bits per heavy atom. The topological polar surface area (TPSA) is 30.7 Å². The number of hydrogen-bond acceptors (Lipinski definition) is 2. The molecule has 0 bridgehead atoms.